The van der Waals surface area contributed by atoms with Crippen LogP contribution in [0.5, 0.6) is 11.5 Å². The van der Waals surface area contributed by atoms with Crippen molar-refractivity contribution in [2.24, 2.45) is 0 Å². The van der Waals surface area contributed by atoms with Crippen LogP contribution in [-0.2, 0) is 5.75 Å². The molecule has 2 aromatic heterocycles. The molecular weight excluding hydrogens is 397 g/mol. The summed E-state index contributed by atoms with van der Waals surface area (Å²) in [6.45, 7) is 0.296. The van der Waals surface area contributed by atoms with Crippen LogP contribution >= 0.6 is 11.8 Å². The van der Waals surface area contributed by atoms with Gasteiger partial charge >= 0.3 is 0 Å². The highest BCUT2D eigenvalue weighted by Gasteiger charge is 2.27. The standard InChI is InChI=1S/C20H14FN3O4S/c21-13-7-5-12(6-8-13)16-9-22-18(27-16)11-29-20-24-23-19(28-20)17-10-25-14-3-1-2-4-15(14)26-17/h1-9,17H,10-11H2. The number of aromatic nitrogens is 3. The van der Waals surface area contributed by atoms with Gasteiger partial charge in [-0.1, -0.05) is 23.9 Å². The van der Waals surface area contributed by atoms with Crippen LogP contribution in [0.15, 0.2) is 68.8 Å². The molecule has 0 spiro atoms. The highest BCUT2D eigenvalue weighted by Crippen LogP contribution is 2.36. The Morgan fingerprint density at radius 3 is 2.69 bits per heavy atom. The van der Waals surface area contributed by atoms with Crippen molar-refractivity contribution >= 4 is 11.8 Å². The fraction of sp³-hybridized carbons (Fsp3) is 0.150. The molecule has 0 saturated heterocycles. The van der Waals surface area contributed by atoms with Crippen molar-refractivity contribution in [1.29, 1.82) is 0 Å². The third kappa shape index (κ3) is 3.81. The lowest BCUT2D eigenvalue weighted by Gasteiger charge is -2.23. The third-order valence-electron chi connectivity index (χ3n) is 4.21. The Labute approximate surface area is 168 Å². The van der Waals surface area contributed by atoms with Gasteiger partial charge in [0, 0.05) is 5.56 Å². The van der Waals surface area contributed by atoms with Gasteiger partial charge in [-0.15, -0.1) is 10.2 Å². The number of benzene rings is 2. The molecule has 29 heavy (non-hydrogen) atoms. The third-order valence-corrected chi connectivity index (χ3v) is 5.01. The monoisotopic (exact) mass is 411 g/mol. The van der Waals surface area contributed by atoms with E-state index < -0.39 is 6.10 Å². The Bertz CT molecular complexity index is 1130. The molecule has 7 nitrogen and oxygen atoms in total. The topological polar surface area (TPSA) is 83.4 Å². The predicted octanol–water partition coefficient (Wildman–Crippen LogP) is 4.67. The van der Waals surface area contributed by atoms with Crippen molar-refractivity contribution in [3.63, 3.8) is 0 Å². The Hall–Kier alpha value is -3.33. The Morgan fingerprint density at radius 1 is 1.00 bits per heavy atom. The number of halogens is 1. The number of rotatable bonds is 5. The summed E-state index contributed by atoms with van der Waals surface area (Å²) in [6.07, 6.45) is 1.14. The molecule has 1 atom stereocenters. The summed E-state index contributed by atoms with van der Waals surface area (Å²) < 4.78 is 36.0. The van der Waals surface area contributed by atoms with Gasteiger partial charge in [-0.25, -0.2) is 9.37 Å². The molecule has 146 valence electrons. The molecule has 3 heterocycles. The van der Waals surface area contributed by atoms with Gasteiger partial charge < -0.3 is 18.3 Å². The largest absolute Gasteiger partial charge is 0.485 e. The van der Waals surface area contributed by atoms with Crippen molar-refractivity contribution in [3.05, 3.63) is 72.3 Å². The number of fused-ring (bicyclic) bond motifs is 1. The van der Waals surface area contributed by atoms with Gasteiger partial charge in [-0.2, -0.15) is 0 Å². The minimum absolute atomic E-state index is 0.296. The van der Waals surface area contributed by atoms with Crippen LogP contribution in [0.1, 0.15) is 17.9 Å². The number of thioether (sulfide) groups is 1. The normalized spacial score (nSPS) is 15.4. The fourth-order valence-electron chi connectivity index (χ4n) is 2.80. The molecule has 0 radical (unpaired) electrons. The van der Waals surface area contributed by atoms with Crippen molar-refractivity contribution < 1.29 is 22.7 Å². The van der Waals surface area contributed by atoms with Crippen LogP contribution in [0.3, 0.4) is 0 Å². The van der Waals surface area contributed by atoms with Gasteiger partial charge in [-0.3, -0.25) is 0 Å². The molecule has 1 aliphatic heterocycles. The zero-order chi connectivity index (χ0) is 19.6. The molecule has 0 aliphatic carbocycles. The van der Waals surface area contributed by atoms with E-state index in [-0.39, 0.29) is 5.82 Å². The van der Waals surface area contributed by atoms with Crippen LogP contribution in [0.2, 0.25) is 0 Å². The molecule has 0 N–H and O–H groups in total. The van der Waals surface area contributed by atoms with Crippen molar-refractivity contribution in [1.82, 2.24) is 15.2 Å². The summed E-state index contributed by atoms with van der Waals surface area (Å²) in [4.78, 5) is 4.24. The van der Waals surface area contributed by atoms with E-state index in [0.29, 0.717) is 46.6 Å². The van der Waals surface area contributed by atoms with E-state index in [9.17, 15) is 4.39 Å². The SMILES string of the molecule is Fc1ccc(-c2cnc(CSc3nnc(C4COc5ccccc5O4)o3)o2)cc1. The highest BCUT2D eigenvalue weighted by molar-refractivity contribution is 7.98. The number of hydrogen-bond acceptors (Lipinski definition) is 8. The fourth-order valence-corrected chi connectivity index (χ4v) is 3.42. The molecular formula is C20H14FN3O4S. The molecule has 0 fully saturated rings. The minimum atomic E-state index is -0.460. The molecule has 2 aromatic carbocycles. The van der Waals surface area contributed by atoms with E-state index in [1.165, 1.54) is 23.9 Å². The molecule has 5 rings (SSSR count). The molecule has 1 aliphatic rings. The lowest BCUT2D eigenvalue weighted by atomic mass is 10.2. The average Bonchev–Trinajstić information content (AvgIpc) is 3.42. The Balaban J connectivity index is 1.22. The summed E-state index contributed by atoms with van der Waals surface area (Å²) in [5, 5.41) is 8.47. The molecule has 1 unspecified atom stereocenters. The maximum Gasteiger partial charge on any atom is 0.277 e. The van der Waals surface area contributed by atoms with Gasteiger partial charge in [0.05, 0.1) is 11.9 Å². The lowest BCUT2D eigenvalue weighted by molar-refractivity contribution is 0.0686. The van der Waals surface area contributed by atoms with Crippen LogP contribution in [-0.4, -0.2) is 21.8 Å². The van der Waals surface area contributed by atoms with E-state index in [1.54, 1.807) is 18.3 Å². The molecule has 4 aromatic rings. The zero-order valence-corrected chi connectivity index (χ0v) is 15.8. The van der Waals surface area contributed by atoms with Gasteiger partial charge in [0.2, 0.25) is 12.0 Å². The molecule has 0 amide bonds. The minimum Gasteiger partial charge on any atom is -0.485 e. The number of oxazole rings is 1. The first kappa shape index (κ1) is 17.7. The van der Waals surface area contributed by atoms with Crippen molar-refractivity contribution in [2.75, 3.05) is 6.61 Å². The second-order valence-electron chi connectivity index (χ2n) is 6.18. The summed E-state index contributed by atoms with van der Waals surface area (Å²) in [5.74, 6) is 2.86. The average molecular weight is 411 g/mol. The number of nitrogens with zero attached hydrogens (tertiary/aromatic N) is 3. The maximum absolute atomic E-state index is 13.0. The second-order valence-corrected chi connectivity index (χ2v) is 7.11. The van der Waals surface area contributed by atoms with Gasteiger partial charge in [0.1, 0.15) is 12.4 Å². The molecule has 9 heteroatoms. The number of hydrogen-bond donors (Lipinski definition) is 0. The first-order valence-corrected chi connectivity index (χ1v) is 9.78. The lowest BCUT2D eigenvalue weighted by Crippen LogP contribution is -2.21. The van der Waals surface area contributed by atoms with Gasteiger partial charge in [0.15, 0.2) is 17.3 Å². The summed E-state index contributed by atoms with van der Waals surface area (Å²) in [5.41, 5.74) is 0.755. The van der Waals surface area contributed by atoms with E-state index in [4.69, 9.17) is 18.3 Å². The van der Waals surface area contributed by atoms with Gasteiger partial charge in [0.25, 0.3) is 11.1 Å². The highest BCUT2D eigenvalue weighted by atomic mass is 32.2. The maximum atomic E-state index is 13.0. The summed E-state index contributed by atoms with van der Waals surface area (Å²) >= 11 is 1.30. The van der Waals surface area contributed by atoms with Crippen molar-refractivity contribution in [2.45, 2.75) is 17.1 Å². The number of para-hydroxylation sites is 2. The molecule has 0 bridgehead atoms. The van der Waals surface area contributed by atoms with Gasteiger partial charge in [-0.05, 0) is 36.4 Å². The van der Waals surface area contributed by atoms with Crippen LogP contribution in [0, 0.1) is 5.82 Å². The zero-order valence-electron chi connectivity index (χ0n) is 14.9. The first-order valence-electron chi connectivity index (χ1n) is 8.80. The summed E-state index contributed by atoms with van der Waals surface area (Å²) in [7, 11) is 0. The Morgan fingerprint density at radius 2 is 1.83 bits per heavy atom. The van der Waals surface area contributed by atoms with E-state index >= 15 is 0 Å². The van der Waals surface area contributed by atoms with E-state index in [2.05, 4.69) is 15.2 Å². The smallest absolute Gasteiger partial charge is 0.277 e. The predicted molar refractivity (Wildman–Crippen MR) is 101 cm³/mol. The van der Waals surface area contributed by atoms with Crippen LogP contribution in [0.25, 0.3) is 11.3 Å². The Kier molecular flexibility index (Phi) is 4.65. The van der Waals surface area contributed by atoms with Crippen molar-refractivity contribution in [3.8, 4) is 22.8 Å². The van der Waals surface area contributed by atoms with E-state index in [0.717, 1.165) is 5.56 Å². The second kappa shape index (κ2) is 7.59. The van der Waals surface area contributed by atoms with Crippen LogP contribution < -0.4 is 9.47 Å². The molecule has 0 saturated carbocycles. The summed E-state index contributed by atoms with van der Waals surface area (Å²) in [6, 6.07) is 13.5. The number of ether oxygens (including phenoxy) is 2. The van der Waals surface area contributed by atoms with E-state index in [1.807, 2.05) is 24.3 Å². The van der Waals surface area contributed by atoms with Crippen LogP contribution in [0.4, 0.5) is 4.39 Å². The first-order chi connectivity index (χ1) is 14.2. The quantitative estimate of drug-likeness (QED) is 0.438.